The number of carbonyl (C=O) groups excluding carboxylic acids is 1. The topological polar surface area (TPSA) is 58.4 Å². The van der Waals surface area contributed by atoms with E-state index in [0.29, 0.717) is 6.04 Å². The van der Waals surface area contributed by atoms with E-state index in [0.717, 1.165) is 16.7 Å². The molecule has 0 atom stereocenters. The summed E-state index contributed by atoms with van der Waals surface area (Å²) < 4.78 is 1.05. The predicted octanol–water partition coefficient (Wildman–Crippen LogP) is 1.62. The van der Waals surface area contributed by atoms with E-state index in [1.54, 1.807) is 0 Å². The predicted molar refractivity (Wildman–Crippen MR) is 76.5 cm³/mol. The lowest BCUT2D eigenvalue weighted by Crippen LogP contribution is -2.31. The maximum Gasteiger partial charge on any atom is 0.236 e. The number of nitrogens with two attached hydrogens (primary N) is 1. The van der Waals surface area contributed by atoms with Gasteiger partial charge in [0.1, 0.15) is 0 Å². The summed E-state index contributed by atoms with van der Waals surface area (Å²) in [5.41, 5.74) is 7.46. The molecule has 1 aromatic rings. The summed E-state index contributed by atoms with van der Waals surface area (Å²) in [6, 6.07) is 6.74. The van der Waals surface area contributed by atoms with Gasteiger partial charge in [-0.3, -0.25) is 4.79 Å². The number of nitrogens with one attached hydrogen (secondary N) is 1. The number of amides is 1. The average molecular weight is 312 g/mol. The number of anilines is 1. The first-order chi connectivity index (χ1) is 8.56. The van der Waals surface area contributed by atoms with Gasteiger partial charge in [0.15, 0.2) is 0 Å². The summed E-state index contributed by atoms with van der Waals surface area (Å²) in [6.07, 6.45) is 2.53. The molecular weight excluding hydrogens is 294 g/mol. The number of likely N-dealkylation sites (N-methyl/N-ethyl adjacent to an activating group) is 1. The summed E-state index contributed by atoms with van der Waals surface area (Å²) in [5, 5.41) is 3.49. The second kappa shape index (κ2) is 5.71. The molecule has 0 unspecified atom stereocenters. The number of halogens is 1. The number of benzene rings is 1. The first-order valence-electron chi connectivity index (χ1n) is 6.07. The van der Waals surface area contributed by atoms with E-state index in [1.165, 1.54) is 18.4 Å². The van der Waals surface area contributed by atoms with Gasteiger partial charge in [-0.05, 0) is 36.6 Å². The van der Waals surface area contributed by atoms with Gasteiger partial charge in [0.2, 0.25) is 5.91 Å². The molecule has 0 spiro atoms. The molecule has 2 rings (SSSR count). The minimum absolute atomic E-state index is 0.234. The van der Waals surface area contributed by atoms with Crippen molar-refractivity contribution in [3.8, 4) is 0 Å². The maximum atomic E-state index is 11.0. The second-order valence-corrected chi connectivity index (χ2v) is 5.67. The van der Waals surface area contributed by atoms with Crippen LogP contribution >= 0.6 is 15.9 Å². The molecular formula is C13H18BrN3O. The van der Waals surface area contributed by atoms with Crippen molar-refractivity contribution in [2.75, 3.05) is 18.5 Å². The van der Waals surface area contributed by atoms with Crippen molar-refractivity contribution < 1.29 is 4.79 Å². The van der Waals surface area contributed by atoms with Crippen molar-refractivity contribution in [1.29, 1.82) is 0 Å². The summed E-state index contributed by atoms with van der Waals surface area (Å²) in [6.45, 7) is 1.06. The van der Waals surface area contributed by atoms with Crippen LogP contribution in [-0.2, 0) is 11.3 Å². The van der Waals surface area contributed by atoms with E-state index in [9.17, 15) is 4.79 Å². The molecule has 18 heavy (non-hydrogen) atoms. The van der Waals surface area contributed by atoms with Crippen molar-refractivity contribution in [2.24, 2.45) is 5.73 Å². The van der Waals surface area contributed by atoms with Crippen LogP contribution in [0.5, 0.6) is 0 Å². The van der Waals surface area contributed by atoms with Gasteiger partial charge < -0.3 is 16.0 Å². The lowest BCUT2D eigenvalue weighted by molar-refractivity contribution is -0.116. The Bertz CT molecular complexity index is 446. The molecule has 1 saturated carbocycles. The molecule has 0 bridgehead atoms. The van der Waals surface area contributed by atoms with Crippen molar-refractivity contribution in [3.05, 3.63) is 28.2 Å². The van der Waals surface area contributed by atoms with E-state index < -0.39 is 0 Å². The largest absolute Gasteiger partial charge is 0.368 e. The third-order valence-corrected chi connectivity index (χ3v) is 3.50. The van der Waals surface area contributed by atoms with E-state index in [-0.39, 0.29) is 12.5 Å². The monoisotopic (exact) mass is 311 g/mol. The smallest absolute Gasteiger partial charge is 0.236 e. The average Bonchev–Trinajstić information content (AvgIpc) is 3.09. The Morgan fingerprint density at radius 1 is 1.56 bits per heavy atom. The Labute approximate surface area is 116 Å². The first kappa shape index (κ1) is 13.4. The van der Waals surface area contributed by atoms with Gasteiger partial charge in [-0.25, -0.2) is 0 Å². The Balaban J connectivity index is 2.12. The number of hydrogen-bond acceptors (Lipinski definition) is 3. The van der Waals surface area contributed by atoms with Crippen LogP contribution in [-0.4, -0.2) is 25.5 Å². The fraction of sp³-hybridized carbons (Fsp3) is 0.462. The molecule has 0 aliphatic heterocycles. The van der Waals surface area contributed by atoms with E-state index in [1.807, 2.05) is 24.1 Å². The highest BCUT2D eigenvalue weighted by Crippen LogP contribution is 2.25. The van der Waals surface area contributed by atoms with Crippen LogP contribution in [0.4, 0.5) is 5.69 Å². The van der Waals surface area contributed by atoms with E-state index in [4.69, 9.17) is 5.73 Å². The summed E-state index contributed by atoms with van der Waals surface area (Å²) in [7, 11) is 1.88. The second-order valence-electron chi connectivity index (χ2n) is 4.75. The number of primary amides is 1. The van der Waals surface area contributed by atoms with Crippen LogP contribution in [0.1, 0.15) is 18.4 Å². The van der Waals surface area contributed by atoms with Gasteiger partial charge in [-0.2, -0.15) is 0 Å². The molecule has 0 saturated heterocycles. The molecule has 0 heterocycles. The molecule has 1 aliphatic carbocycles. The maximum absolute atomic E-state index is 11.0. The molecule has 1 aromatic carbocycles. The third-order valence-electron chi connectivity index (χ3n) is 3.00. The highest BCUT2D eigenvalue weighted by Gasteiger charge is 2.21. The number of rotatable bonds is 6. The SMILES string of the molecule is CN(CC(N)=O)c1ccc(Br)cc1CNC1CC1. The molecule has 4 nitrogen and oxygen atoms in total. The minimum Gasteiger partial charge on any atom is -0.368 e. The third kappa shape index (κ3) is 3.71. The van der Waals surface area contributed by atoms with Gasteiger partial charge in [0.05, 0.1) is 6.54 Å². The molecule has 5 heteroatoms. The van der Waals surface area contributed by atoms with Crippen LogP contribution in [0.25, 0.3) is 0 Å². The fourth-order valence-electron chi connectivity index (χ4n) is 1.93. The molecule has 98 valence electrons. The molecule has 1 aliphatic rings. The molecule has 3 N–H and O–H groups in total. The summed E-state index contributed by atoms with van der Waals surface area (Å²) >= 11 is 3.48. The van der Waals surface area contributed by atoms with Crippen LogP contribution in [0.15, 0.2) is 22.7 Å². The zero-order chi connectivity index (χ0) is 13.1. The molecule has 1 fully saturated rings. The van der Waals surface area contributed by atoms with Gasteiger partial charge in [-0.15, -0.1) is 0 Å². The van der Waals surface area contributed by atoms with Crippen molar-refractivity contribution in [3.63, 3.8) is 0 Å². The van der Waals surface area contributed by atoms with Crippen LogP contribution < -0.4 is 16.0 Å². The van der Waals surface area contributed by atoms with Crippen molar-refractivity contribution >= 4 is 27.5 Å². The number of carbonyl (C=O) groups is 1. The van der Waals surface area contributed by atoms with Gasteiger partial charge in [-0.1, -0.05) is 15.9 Å². The highest BCUT2D eigenvalue weighted by molar-refractivity contribution is 9.10. The van der Waals surface area contributed by atoms with Gasteiger partial charge in [0.25, 0.3) is 0 Å². The zero-order valence-electron chi connectivity index (χ0n) is 10.4. The Morgan fingerprint density at radius 2 is 2.28 bits per heavy atom. The van der Waals surface area contributed by atoms with Crippen LogP contribution in [0, 0.1) is 0 Å². The molecule has 0 radical (unpaired) electrons. The normalized spacial score (nSPS) is 14.6. The van der Waals surface area contributed by atoms with Crippen LogP contribution in [0.2, 0.25) is 0 Å². The molecule has 0 aromatic heterocycles. The standard InChI is InChI=1S/C13H18BrN3O/c1-17(8-13(15)18)12-5-2-10(14)6-9(12)7-16-11-3-4-11/h2,5-6,11,16H,3-4,7-8H2,1H3,(H2,15,18). The Kier molecular flexibility index (Phi) is 4.24. The first-order valence-corrected chi connectivity index (χ1v) is 6.87. The van der Waals surface area contributed by atoms with E-state index in [2.05, 4.69) is 27.3 Å². The van der Waals surface area contributed by atoms with E-state index >= 15 is 0 Å². The Hall–Kier alpha value is -1.07. The summed E-state index contributed by atoms with van der Waals surface area (Å²) in [4.78, 5) is 12.9. The lowest BCUT2D eigenvalue weighted by atomic mass is 10.1. The van der Waals surface area contributed by atoms with Crippen molar-refractivity contribution in [2.45, 2.75) is 25.4 Å². The van der Waals surface area contributed by atoms with Crippen LogP contribution in [0.3, 0.4) is 0 Å². The number of nitrogens with zero attached hydrogens (tertiary/aromatic N) is 1. The Morgan fingerprint density at radius 3 is 2.89 bits per heavy atom. The minimum atomic E-state index is -0.318. The summed E-state index contributed by atoms with van der Waals surface area (Å²) in [5.74, 6) is -0.318. The van der Waals surface area contributed by atoms with Crippen molar-refractivity contribution in [1.82, 2.24) is 5.32 Å². The lowest BCUT2D eigenvalue weighted by Gasteiger charge is -2.21. The van der Waals surface area contributed by atoms with Gasteiger partial charge >= 0.3 is 0 Å². The zero-order valence-corrected chi connectivity index (χ0v) is 12.0. The quantitative estimate of drug-likeness (QED) is 0.839. The number of hydrogen-bond donors (Lipinski definition) is 2. The molecule has 1 amide bonds. The highest BCUT2D eigenvalue weighted by atomic mass is 79.9. The van der Waals surface area contributed by atoms with Gasteiger partial charge in [0, 0.05) is 29.8 Å². The fourth-order valence-corrected chi connectivity index (χ4v) is 2.34.